The first kappa shape index (κ1) is 17.4. The molecule has 6 nitrogen and oxygen atoms in total. The van der Waals surface area contributed by atoms with Gasteiger partial charge in [-0.15, -0.1) is 0 Å². The number of fused-ring (bicyclic) bond motifs is 1. The second-order valence-corrected chi connectivity index (χ2v) is 4.93. The molecule has 0 atom stereocenters. The maximum absolute atomic E-state index is 9.73. The first-order valence-corrected chi connectivity index (χ1v) is 6.42. The van der Waals surface area contributed by atoms with E-state index in [4.69, 9.17) is 4.74 Å². The molecule has 1 aromatic rings. The van der Waals surface area contributed by atoms with E-state index in [-0.39, 0.29) is 14.0 Å². The number of aliphatic hydroxyl groups is 2. The maximum Gasteiger partial charge on any atom is 0.233 e. The summed E-state index contributed by atoms with van der Waals surface area (Å²) in [6, 6.07) is 5.66. The van der Waals surface area contributed by atoms with Crippen LogP contribution in [-0.2, 0) is 15.4 Å². The summed E-state index contributed by atoms with van der Waals surface area (Å²) in [6.45, 7) is -0.0495. The largest absolute Gasteiger partial charge is 0.487 e. The van der Waals surface area contributed by atoms with Crippen LogP contribution in [-0.4, -0.2) is 42.5 Å². The molecule has 0 spiro atoms. The van der Waals surface area contributed by atoms with Gasteiger partial charge in [0.05, 0.1) is 12.7 Å². The summed E-state index contributed by atoms with van der Waals surface area (Å²) in [6.07, 6.45) is 2.87. The molecule has 6 heteroatoms. The summed E-state index contributed by atoms with van der Waals surface area (Å²) in [7, 11) is 2.95. The molecule has 21 heavy (non-hydrogen) atoms. The van der Waals surface area contributed by atoms with Crippen molar-refractivity contribution in [2.75, 3.05) is 20.8 Å². The number of rotatable bonds is 3. The van der Waals surface area contributed by atoms with Crippen molar-refractivity contribution in [1.82, 2.24) is 5.06 Å². The Labute approximate surface area is 124 Å². The minimum atomic E-state index is -1.78. The highest BCUT2D eigenvalue weighted by Crippen LogP contribution is 2.48. The van der Waals surface area contributed by atoms with Crippen molar-refractivity contribution >= 4 is 6.41 Å². The number of hydrogen-bond acceptors (Lipinski definition) is 5. The monoisotopic (exact) mass is 297 g/mol. The molecule has 0 unspecified atom stereocenters. The molecule has 0 saturated heterocycles. The number of ether oxygens (including phenoxy) is 1. The molecule has 1 heterocycles. The number of nitrogens with zero attached hydrogens (tertiary/aromatic N) is 1. The SMILES string of the molecule is C.CON(C)C=O.OC1(O)COc2cccc(C3CC3)c21. The van der Waals surface area contributed by atoms with Crippen molar-refractivity contribution in [2.45, 2.75) is 32.0 Å². The Morgan fingerprint density at radius 1 is 1.43 bits per heavy atom. The summed E-state index contributed by atoms with van der Waals surface area (Å²) in [4.78, 5) is 13.9. The molecule has 1 saturated carbocycles. The van der Waals surface area contributed by atoms with Gasteiger partial charge in [-0.3, -0.25) is 9.63 Å². The van der Waals surface area contributed by atoms with Crippen LogP contribution >= 0.6 is 0 Å². The average Bonchev–Trinajstić information content (AvgIpc) is 3.24. The standard InChI is InChI=1S/C11H12O3.C3H7NO2.CH4/c12-11(13)6-14-9-3-1-2-8(10(9)11)7-4-5-7;1-4(3-5)6-2;/h1-3,7,12-13H,4-6H2;3H,1-2H3;1H4. The minimum Gasteiger partial charge on any atom is -0.487 e. The van der Waals surface area contributed by atoms with Crippen LogP contribution in [0.1, 0.15) is 37.3 Å². The highest BCUT2D eigenvalue weighted by molar-refractivity contribution is 5.48. The fraction of sp³-hybridized carbons (Fsp3) is 0.533. The molecule has 2 N–H and O–H groups in total. The van der Waals surface area contributed by atoms with Crippen LogP contribution in [0.5, 0.6) is 5.75 Å². The zero-order chi connectivity index (χ0) is 14.8. The highest BCUT2D eigenvalue weighted by Gasteiger charge is 2.41. The molecule has 118 valence electrons. The Balaban J connectivity index is 0.000000275. The fourth-order valence-electron chi connectivity index (χ4n) is 2.12. The van der Waals surface area contributed by atoms with Gasteiger partial charge in [0.15, 0.2) is 0 Å². The molecule has 0 bridgehead atoms. The smallest absolute Gasteiger partial charge is 0.233 e. The zero-order valence-corrected chi connectivity index (χ0v) is 11.6. The molecule has 1 aromatic carbocycles. The quantitative estimate of drug-likeness (QED) is 0.500. The molecule has 0 aromatic heterocycles. The lowest BCUT2D eigenvalue weighted by Gasteiger charge is -2.16. The fourth-order valence-corrected chi connectivity index (χ4v) is 2.12. The third-order valence-corrected chi connectivity index (χ3v) is 3.34. The molecule has 1 amide bonds. The van der Waals surface area contributed by atoms with E-state index in [1.807, 2.05) is 12.1 Å². The second kappa shape index (κ2) is 6.89. The van der Waals surface area contributed by atoms with Gasteiger partial charge in [0.1, 0.15) is 12.4 Å². The van der Waals surface area contributed by atoms with E-state index in [1.165, 1.54) is 14.2 Å². The first-order valence-electron chi connectivity index (χ1n) is 6.42. The number of carbonyl (C=O) groups excluding carboxylic acids is 1. The number of hydrogen-bond donors (Lipinski definition) is 2. The summed E-state index contributed by atoms with van der Waals surface area (Å²) >= 11 is 0. The Bertz CT molecular complexity index is 485. The number of benzene rings is 1. The van der Waals surface area contributed by atoms with Crippen LogP contribution in [0.25, 0.3) is 0 Å². The van der Waals surface area contributed by atoms with Crippen molar-refractivity contribution in [3.63, 3.8) is 0 Å². The molecular formula is C15H23NO5. The van der Waals surface area contributed by atoms with Gasteiger partial charge in [-0.05, 0) is 30.4 Å². The molecule has 1 fully saturated rings. The summed E-state index contributed by atoms with van der Waals surface area (Å²) in [5, 5.41) is 20.5. The Morgan fingerprint density at radius 3 is 2.57 bits per heavy atom. The van der Waals surface area contributed by atoms with Crippen molar-refractivity contribution in [2.24, 2.45) is 0 Å². The third kappa shape index (κ3) is 3.93. The van der Waals surface area contributed by atoms with Gasteiger partial charge in [-0.1, -0.05) is 19.6 Å². The predicted octanol–water partition coefficient (Wildman–Crippen LogP) is 1.37. The normalized spacial score (nSPS) is 17.5. The van der Waals surface area contributed by atoms with Crippen LogP contribution in [0.2, 0.25) is 0 Å². The van der Waals surface area contributed by atoms with Gasteiger partial charge < -0.3 is 14.9 Å². The van der Waals surface area contributed by atoms with Crippen LogP contribution < -0.4 is 4.74 Å². The van der Waals surface area contributed by atoms with E-state index in [2.05, 4.69) is 4.84 Å². The molecular weight excluding hydrogens is 274 g/mol. The molecule has 1 aliphatic carbocycles. The van der Waals surface area contributed by atoms with Gasteiger partial charge >= 0.3 is 0 Å². The van der Waals surface area contributed by atoms with E-state index in [9.17, 15) is 15.0 Å². The van der Waals surface area contributed by atoms with E-state index in [0.717, 1.165) is 23.5 Å². The lowest BCUT2D eigenvalue weighted by Crippen LogP contribution is -2.27. The van der Waals surface area contributed by atoms with Gasteiger partial charge in [0, 0.05) is 7.05 Å². The van der Waals surface area contributed by atoms with Crippen molar-refractivity contribution < 1.29 is 24.6 Å². The minimum absolute atomic E-state index is 0. The molecule has 0 radical (unpaired) electrons. The molecule has 1 aliphatic heterocycles. The van der Waals surface area contributed by atoms with Crippen LogP contribution in [0, 0.1) is 0 Å². The lowest BCUT2D eigenvalue weighted by atomic mass is 9.97. The van der Waals surface area contributed by atoms with Gasteiger partial charge in [-0.25, -0.2) is 5.06 Å². The summed E-state index contributed by atoms with van der Waals surface area (Å²) in [5.74, 6) is -0.654. The van der Waals surface area contributed by atoms with Crippen LogP contribution in [0.15, 0.2) is 18.2 Å². The van der Waals surface area contributed by atoms with Gasteiger partial charge in [-0.2, -0.15) is 0 Å². The van der Waals surface area contributed by atoms with Crippen LogP contribution in [0.4, 0.5) is 0 Å². The van der Waals surface area contributed by atoms with Gasteiger partial charge in [0.2, 0.25) is 12.2 Å². The van der Waals surface area contributed by atoms with Crippen molar-refractivity contribution in [3.8, 4) is 5.75 Å². The maximum atomic E-state index is 9.73. The molecule has 3 rings (SSSR count). The third-order valence-electron chi connectivity index (χ3n) is 3.34. The Kier molecular flexibility index (Phi) is 5.71. The summed E-state index contributed by atoms with van der Waals surface area (Å²) < 4.78 is 5.23. The highest BCUT2D eigenvalue weighted by atomic mass is 16.7. The Morgan fingerprint density at radius 2 is 2.10 bits per heavy atom. The van der Waals surface area contributed by atoms with Gasteiger partial charge in [0.25, 0.3) is 0 Å². The zero-order valence-electron chi connectivity index (χ0n) is 11.6. The summed E-state index contributed by atoms with van der Waals surface area (Å²) in [5.41, 5.74) is 1.63. The van der Waals surface area contributed by atoms with E-state index < -0.39 is 5.79 Å². The van der Waals surface area contributed by atoms with E-state index in [1.54, 1.807) is 6.07 Å². The van der Waals surface area contributed by atoms with Crippen molar-refractivity contribution in [3.05, 3.63) is 29.3 Å². The lowest BCUT2D eigenvalue weighted by molar-refractivity contribution is -0.174. The van der Waals surface area contributed by atoms with Crippen LogP contribution in [0.3, 0.4) is 0 Å². The van der Waals surface area contributed by atoms with E-state index >= 15 is 0 Å². The second-order valence-electron chi connectivity index (χ2n) is 4.93. The Hall–Kier alpha value is -1.63. The number of amides is 1. The molecule has 2 aliphatic rings. The first-order chi connectivity index (χ1) is 9.49. The topological polar surface area (TPSA) is 79.2 Å². The average molecular weight is 297 g/mol. The van der Waals surface area contributed by atoms with Crippen molar-refractivity contribution in [1.29, 1.82) is 0 Å². The predicted molar refractivity (Wildman–Crippen MR) is 77.6 cm³/mol. The number of carbonyl (C=O) groups is 1. The van der Waals surface area contributed by atoms with E-state index in [0.29, 0.717) is 23.6 Å². The number of hydroxylamine groups is 2.